The molecule has 4 rings (SSSR count). The molecule has 0 aromatic carbocycles. The van der Waals surface area contributed by atoms with Crippen molar-refractivity contribution in [1.82, 2.24) is 14.7 Å². The lowest BCUT2D eigenvalue weighted by Crippen LogP contribution is -2.60. The van der Waals surface area contributed by atoms with E-state index < -0.39 is 17.2 Å². The van der Waals surface area contributed by atoms with Gasteiger partial charge in [-0.05, 0) is 83.5 Å². The molecule has 1 saturated heterocycles. The van der Waals surface area contributed by atoms with Gasteiger partial charge in [-0.25, -0.2) is 0 Å². The second-order valence-corrected chi connectivity index (χ2v) is 10.9. The van der Waals surface area contributed by atoms with Gasteiger partial charge in [0.25, 0.3) is 0 Å². The lowest BCUT2D eigenvalue weighted by atomic mass is 9.88. The van der Waals surface area contributed by atoms with Crippen molar-refractivity contribution in [2.75, 3.05) is 39.3 Å². The van der Waals surface area contributed by atoms with Crippen molar-refractivity contribution in [3.05, 3.63) is 0 Å². The summed E-state index contributed by atoms with van der Waals surface area (Å²) in [5.41, 5.74) is -2.10. The number of nitrogens with zero attached hydrogens (tertiary/aromatic N) is 3. The van der Waals surface area contributed by atoms with Gasteiger partial charge >= 0.3 is 0 Å². The van der Waals surface area contributed by atoms with Gasteiger partial charge < -0.3 is 15.3 Å². The highest BCUT2D eigenvalue weighted by Crippen LogP contribution is 2.36. The normalized spacial score (nSPS) is 31.8. The van der Waals surface area contributed by atoms with Gasteiger partial charge in [0.2, 0.25) is 0 Å². The largest absolute Gasteiger partial charge is 0.376 e. The fourth-order valence-electron chi connectivity index (χ4n) is 6.82. The van der Waals surface area contributed by atoms with E-state index in [0.717, 1.165) is 123 Å². The molecule has 0 spiro atoms. The summed E-state index contributed by atoms with van der Waals surface area (Å²) in [5, 5.41) is 34.5. The van der Waals surface area contributed by atoms with E-state index >= 15 is 0 Å². The molecular formula is C25H47N3O3. The van der Waals surface area contributed by atoms with Crippen LogP contribution >= 0.6 is 0 Å². The fraction of sp³-hybridized carbons (Fsp3) is 1.00. The molecule has 31 heavy (non-hydrogen) atoms. The molecule has 1 heterocycles. The number of hydrogen-bond acceptors (Lipinski definition) is 6. The van der Waals surface area contributed by atoms with Crippen LogP contribution in [0.2, 0.25) is 0 Å². The van der Waals surface area contributed by atoms with Gasteiger partial charge in [0, 0.05) is 39.3 Å². The Balaban J connectivity index is 1.52. The topological polar surface area (TPSA) is 70.4 Å². The van der Waals surface area contributed by atoms with Gasteiger partial charge in [0.1, 0.15) is 17.2 Å². The lowest BCUT2D eigenvalue weighted by molar-refractivity contribution is -0.175. The Morgan fingerprint density at radius 3 is 0.871 bits per heavy atom. The smallest absolute Gasteiger partial charge is 0.118 e. The van der Waals surface area contributed by atoms with Gasteiger partial charge in [-0.1, -0.05) is 19.3 Å². The van der Waals surface area contributed by atoms with Crippen LogP contribution in [0, 0.1) is 0 Å². The first-order chi connectivity index (χ1) is 14.9. The molecular weight excluding hydrogens is 390 g/mol. The number of hydrogen-bond donors (Lipinski definition) is 3. The van der Waals surface area contributed by atoms with Crippen molar-refractivity contribution >= 4 is 0 Å². The molecule has 0 radical (unpaired) electrons. The number of aliphatic hydroxyl groups is 3. The molecule has 1 aliphatic heterocycles. The van der Waals surface area contributed by atoms with Gasteiger partial charge in [-0.3, -0.25) is 14.7 Å². The third-order valence-electron chi connectivity index (χ3n) is 8.86. The van der Waals surface area contributed by atoms with Crippen molar-refractivity contribution in [1.29, 1.82) is 0 Å². The first kappa shape index (κ1) is 23.9. The molecule has 3 N–H and O–H groups in total. The van der Waals surface area contributed by atoms with E-state index in [1.54, 1.807) is 0 Å². The van der Waals surface area contributed by atoms with Crippen LogP contribution in [0.15, 0.2) is 0 Å². The molecule has 4 fully saturated rings. The molecule has 0 aromatic rings. The third-order valence-corrected chi connectivity index (χ3v) is 8.86. The van der Waals surface area contributed by atoms with Crippen LogP contribution in [-0.4, -0.2) is 86.5 Å². The molecule has 6 heteroatoms. The van der Waals surface area contributed by atoms with E-state index in [4.69, 9.17) is 0 Å². The van der Waals surface area contributed by atoms with Gasteiger partial charge in [-0.2, -0.15) is 0 Å². The van der Waals surface area contributed by atoms with Crippen LogP contribution in [-0.2, 0) is 0 Å². The number of rotatable bonds is 3. The molecule has 0 unspecified atom stereocenters. The molecule has 3 aliphatic carbocycles. The van der Waals surface area contributed by atoms with Crippen molar-refractivity contribution in [3.8, 4) is 0 Å². The Morgan fingerprint density at radius 1 is 0.323 bits per heavy atom. The standard InChI is InChI=1S/C25H47N3O3/c29-23(11-4-1-5-12-23)26-17-10-18-27(24(30)13-6-2-7-14-24)20-22-28(21-19-26)25(31)15-8-3-9-16-25/h29-31H,1-22H2. The monoisotopic (exact) mass is 437 g/mol. The maximum Gasteiger partial charge on any atom is 0.118 e. The predicted octanol–water partition coefficient (Wildman–Crippen LogP) is 3.25. The van der Waals surface area contributed by atoms with Crippen molar-refractivity contribution in [2.24, 2.45) is 0 Å². The summed E-state index contributed by atoms with van der Waals surface area (Å²) in [4.78, 5) is 6.94. The summed E-state index contributed by atoms with van der Waals surface area (Å²) in [5.74, 6) is 0. The highest BCUT2D eigenvalue weighted by molar-refractivity contribution is 4.90. The third kappa shape index (κ3) is 5.64. The molecule has 4 aliphatic rings. The van der Waals surface area contributed by atoms with Crippen LogP contribution in [0.1, 0.15) is 103 Å². The van der Waals surface area contributed by atoms with E-state index in [2.05, 4.69) is 14.7 Å². The van der Waals surface area contributed by atoms with Gasteiger partial charge in [-0.15, -0.1) is 0 Å². The summed E-state index contributed by atoms with van der Waals surface area (Å²) in [6, 6.07) is 0. The molecule has 180 valence electrons. The zero-order chi connectivity index (χ0) is 21.8. The van der Waals surface area contributed by atoms with E-state index in [0.29, 0.717) is 0 Å². The summed E-state index contributed by atoms with van der Waals surface area (Å²) < 4.78 is 0. The molecule has 3 saturated carbocycles. The van der Waals surface area contributed by atoms with Crippen LogP contribution in [0.4, 0.5) is 0 Å². The highest BCUT2D eigenvalue weighted by atomic mass is 16.3. The fourth-order valence-corrected chi connectivity index (χ4v) is 6.82. The second-order valence-electron chi connectivity index (χ2n) is 10.9. The molecule has 0 atom stereocenters. The minimum Gasteiger partial charge on any atom is -0.376 e. The lowest BCUT2D eigenvalue weighted by Gasteiger charge is -2.49. The average Bonchev–Trinajstić information content (AvgIpc) is 2.78. The van der Waals surface area contributed by atoms with E-state index in [1.807, 2.05) is 0 Å². The zero-order valence-corrected chi connectivity index (χ0v) is 19.7. The molecule has 6 nitrogen and oxygen atoms in total. The quantitative estimate of drug-likeness (QED) is 0.630. The van der Waals surface area contributed by atoms with Crippen LogP contribution in [0.5, 0.6) is 0 Å². The molecule has 0 aromatic heterocycles. The molecule has 0 amide bonds. The van der Waals surface area contributed by atoms with Crippen LogP contribution in [0.25, 0.3) is 0 Å². The van der Waals surface area contributed by atoms with Crippen LogP contribution < -0.4 is 0 Å². The first-order valence-electron chi connectivity index (χ1n) is 13.4. The minimum atomic E-state index is -0.723. The zero-order valence-electron chi connectivity index (χ0n) is 19.7. The van der Waals surface area contributed by atoms with Crippen molar-refractivity contribution in [3.63, 3.8) is 0 Å². The van der Waals surface area contributed by atoms with Gasteiger partial charge in [0.05, 0.1) is 0 Å². The minimum absolute atomic E-state index is 0.690. The van der Waals surface area contributed by atoms with E-state index in [1.165, 1.54) is 19.3 Å². The SMILES string of the molecule is OC1(N2CCCN(C3(O)CCCCC3)CCN(C3(O)CCCCC3)CC2)CCCCC1. The first-order valence-corrected chi connectivity index (χ1v) is 13.4. The predicted molar refractivity (Wildman–Crippen MR) is 123 cm³/mol. The van der Waals surface area contributed by atoms with Crippen LogP contribution in [0.3, 0.4) is 0 Å². The molecule has 0 bridgehead atoms. The summed E-state index contributed by atoms with van der Waals surface area (Å²) in [6.45, 7) is 4.98. The van der Waals surface area contributed by atoms with Crippen molar-refractivity contribution < 1.29 is 15.3 Å². The summed E-state index contributed by atoms with van der Waals surface area (Å²) in [6.07, 6.45) is 16.4. The Hall–Kier alpha value is -0.240. The highest BCUT2D eigenvalue weighted by Gasteiger charge is 2.41. The Kier molecular flexibility index (Phi) is 7.98. The summed E-state index contributed by atoms with van der Waals surface area (Å²) >= 11 is 0. The van der Waals surface area contributed by atoms with Gasteiger partial charge in [0.15, 0.2) is 0 Å². The Labute approximate surface area is 189 Å². The Bertz CT molecular complexity index is 518. The second kappa shape index (κ2) is 10.4. The maximum atomic E-state index is 11.6. The van der Waals surface area contributed by atoms with E-state index in [-0.39, 0.29) is 0 Å². The average molecular weight is 438 g/mol. The Morgan fingerprint density at radius 2 is 0.581 bits per heavy atom. The summed E-state index contributed by atoms with van der Waals surface area (Å²) in [7, 11) is 0. The van der Waals surface area contributed by atoms with E-state index in [9.17, 15) is 15.3 Å². The maximum absolute atomic E-state index is 11.6. The van der Waals surface area contributed by atoms with Crippen molar-refractivity contribution in [2.45, 2.75) is 120 Å².